The number of ether oxygens (including phenoxy) is 1. The van der Waals surface area contributed by atoms with Gasteiger partial charge < -0.3 is 32.7 Å². The van der Waals surface area contributed by atoms with Gasteiger partial charge in [0.2, 0.25) is 0 Å². The Morgan fingerprint density at radius 2 is 2.00 bits per heavy atom. The SMILES string of the molecule is C[C@H](N)CCCc1cc(Cl)c(F)c(-c2cc3cn(-c4ccc(C5C[C@H](CCN=C(N)N)C[C@H](CN)O5)cc4)c(=O)nc3[nH]2)c1. The number of aromatic nitrogens is 3. The number of halogens is 2. The van der Waals surface area contributed by atoms with Gasteiger partial charge in [-0.25, -0.2) is 9.18 Å². The Bertz CT molecular complexity index is 1680. The average Bonchev–Trinajstić information content (AvgIpc) is 3.40. The highest BCUT2D eigenvalue weighted by atomic mass is 35.5. The third-order valence-electron chi connectivity index (χ3n) is 8.15. The number of nitrogens with two attached hydrogens (primary N) is 4. The van der Waals surface area contributed by atoms with E-state index in [9.17, 15) is 4.79 Å². The van der Waals surface area contributed by atoms with Crippen molar-refractivity contribution in [1.29, 1.82) is 0 Å². The van der Waals surface area contributed by atoms with Crippen LogP contribution in [0.2, 0.25) is 5.02 Å². The Morgan fingerprint density at radius 3 is 2.70 bits per heavy atom. The van der Waals surface area contributed by atoms with Crippen LogP contribution >= 0.6 is 11.6 Å². The first-order valence-corrected chi connectivity index (χ1v) is 15.4. The molecule has 9 N–H and O–H groups in total. The lowest BCUT2D eigenvalue weighted by molar-refractivity contribution is -0.0690. The molecule has 4 aromatic rings. The van der Waals surface area contributed by atoms with Crippen LogP contribution < -0.4 is 28.6 Å². The Hall–Kier alpha value is -3.77. The molecule has 44 heavy (non-hydrogen) atoms. The normalized spacial score (nSPS) is 19.2. The number of fused-ring (bicyclic) bond motifs is 1. The Morgan fingerprint density at radius 1 is 1.23 bits per heavy atom. The zero-order valence-corrected chi connectivity index (χ0v) is 25.6. The molecule has 0 saturated carbocycles. The summed E-state index contributed by atoms with van der Waals surface area (Å²) >= 11 is 6.25. The van der Waals surface area contributed by atoms with Gasteiger partial charge in [0.1, 0.15) is 5.65 Å². The van der Waals surface area contributed by atoms with Gasteiger partial charge in [-0.05, 0) is 92.8 Å². The lowest BCUT2D eigenvalue weighted by Crippen LogP contribution is -2.34. The predicted molar refractivity (Wildman–Crippen MR) is 173 cm³/mol. The van der Waals surface area contributed by atoms with Gasteiger partial charge in [0, 0.05) is 36.3 Å². The third kappa shape index (κ3) is 7.47. The van der Waals surface area contributed by atoms with Gasteiger partial charge in [0.05, 0.1) is 28.6 Å². The number of nitrogens with zero attached hydrogens (tertiary/aromatic N) is 3. The number of H-pyrrole nitrogens is 1. The minimum atomic E-state index is -0.528. The molecule has 0 spiro atoms. The number of hydrogen-bond donors (Lipinski definition) is 5. The molecular weight excluding hydrogens is 583 g/mol. The number of rotatable bonds is 11. The van der Waals surface area contributed by atoms with Crippen LogP contribution in [-0.2, 0) is 11.2 Å². The second kappa shape index (κ2) is 13.9. The van der Waals surface area contributed by atoms with E-state index in [2.05, 4.69) is 15.0 Å². The molecule has 0 bridgehead atoms. The van der Waals surface area contributed by atoms with Gasteiger partial charge >= 0.3 is 5.69 Å². The van der Waals surface area contributed by atoms with E-state index in [1.165, 1.54) is 4.57 Å². The monoisotopic (exact) mass is 622 g/mol. The number of benzene rings is 2. The third-order valence-corrected chi connectivity index (χ3v) is 8.42. The number of aromatic amines is 1. The summed E-state index contributed by atoms with van der Waals surface area (Å²) in [6.45, 7) is 2.96. The van der Waals surface area contributed by atoms with Crippen LogP contribution in [0, 0.1) is 11.7 Å². The molecule has 5 rings (SSSR count). The standard InChI is InChI=1S/C32H40ClFN8O2/c1-18(36)3-2-4-19-12-25(29(34)26(33)13-19)27-15-22-17-42(32(43)41-30(22)40-27)23-7-5-21(6-8-23)28-14-20(9-10-39-31(37)38)11-24(16-35)44-28/h5-8,12-13,15,17-18,20,24,28H,2-4,9-11,14,16,35-36H2,1H3,(H4,37,38,39)(H,40,41,43)/t18-,20+,24+,28?/m0/s1. The van der Waals surface area contributed by atoms with Crippen molar-refractivity contribution in [3.05, 3.63) is 81.1 Å². The van der Waals surface area contributed by atoms with E-state index in [0.717, 1.165) is 49.7 Å². The quantitative estimate of drug-likeness (QED) is 0.122. The van der Waals surface area contributed by atoms with Crippen LogP contribution in [0.3, 0.4) is 0 Å². The fourth-order valence-electron chi connectivity index (χ4n) is 5.88. The highest BCUT2D eigenvalue weighted by Gasteiger charge is 2.29. The van der Waals surface area contributed by atoms with Crippen molar-refractivity contribution >= 4 is 28.6 Å². The molecule has 0 amide bonds. The second-order valence-corrected chi connectivity index (χ2v) is 12.1. The van der Waals surface area contributed by atoms with E-state index < -0.39 is 11.5 Å². The van der Waals surface area contributed by atoms with Crippen molar-refractivity contribution in [2.75, 3.05) is 13.1 Å². The summed E-state index contributed by atoms with van der Waals surface area (Å²) < 4.78 is 22.9. The molecule has 1 unspecified atom stereocenters. The fourth-order valence-corrected chi connectivity index (χ4v) is 6.12. The van der Waals surface area contributed by atoms with Crippen molar-refractivity contribution in [2.45, 2.75) is 63.7 Å². The van der Waals surface area contributed by atoms with Crippen LogP contribution in [0.4, 0.5) is 4.39 Å². The molecule has 2 aromatic carbocycles. The van der Waals surface area contributed by atoms with Crippen LogP contribution in [0.25, 0.3) is 28.0 Å². The summed E-state index contributed by atoms with van der Waals surface area (Å²) in [5.41, 5.74) is 26.1. The summed E-state index contributed by atoms with van der Waals surface area (Å²) in [6, 6.07) is 13.0. The summed E-state index contributed by atoms with van der Waals surface area (Å²) in [5.74, 6) is -0.0645. The summed E-state index contributed by atoms with van der Waals surface area (Å²) in [7, 11) is 0. The Balaban J connectivity index is 1.37. The smallest absolute Gasteiger partial charge is 0.354 e. The van der Waals surface area contributed by atoms with Crippen molar-refractivity contribution in [2.24, 2.45) is 33.8 Å². The molecule has 0 radical (unpaired) electrons. The minimum absolute atomic E-state index is 0.0457. The van der Waals surface area contributed by atoms with Crippen molar-refractivity contribution < 1.29 is 9.13 Å². The van der Waals surface area contributed by atoms with Crippen LogP contribution in [0.15, 0.2) is 58.4 Å². The molecule has 4 atom stereocenters. The largest absolute Gasteiger partial charge is 0.370 e. The van der Waals surface area contributed by atoms with E-state index in [-0.39, 0.29) is 29.2 Å². The highest BCUT2D eigenvalue weighted by molar-refractivity contribution is 6.31. The van der Waals surface area contributed by atoms with Crippen LogP contribution in [-0.4, -0.2) is 45.7 Å². The van der Waals surface area contributed by atoms with Gasteiger partial charge in [-0.15, -0.1) is 0 Å². The maximum Gasteiger partial charge on any atom is 0.354 e. The predicted octanol–water partition coefficient (Wildman–Crippen LogP) is 4.30. The Kier molecular flexibility index (Phi) is 10.00. The average molecular weight is 623 g/mol. The maximum atomic E-state index is 15.1. The number of hydrogen-bond acceptors (Lipinski definition) is 6. The number of nitrogens with one attached hydrogen (secondary N) is 1. The van der Waals surface area contributed by atoms with Crippen LogP contribution in [0.1, 0.15) is 56.3 Å². The molecule has 1 aliphatic heterocycles. The molecule has 1 saturated heterocycles. The summed E-state index contributed by atoms with van der Waals surface area (Å²) in [5, 5.41) is 0.705. The highest BCUT2D eigenvalue weighted by Crippen LogP contribution is 2.37. The van der Waals surface area contributed by atoms with Crippen molar-refractivity contribution in [3.8, 4) is 16.9 Å². The van der Waals surface area contributed by atoms with Gasteiger partial charge in [-0.3, -0.25) is 9.56 Å². The van der Waals surface area contributed by atoms with Crippen molar-refractivity contribution in [3.63, 3.8) is 0 Å². The lowest BCUT2D eigenvalue weighted by atomic mass is 9.86. The molecule has 3 heterocycles. The molecule has 10 nitrogen and oxygen atoms in total. The molecule has 234 valence electrons. The molecule has 2 aromatic heterocycles. The van der Waals surface area contributed by atoms with E-state index in [1.807, 2.05) is 31.2 Å². The van der Waals surface area contributed by atoms with Gasteiger partial charge in [-0.1, -0.05) is 23.7 Å². The van der Waals surface area contributed by atoms with Crippen molar-refractivity contribution in [1.82, 2.24) is 14.5 Å². The van der Waals surface area contributed by atoms with E-state index in [0.29, 0.717) is 47.0 Å². The molecule has 1 aliphatic rings. The van der Waals surface area contributed by atoms with E-state index >= 15 is 4.39 Å². The van der Waals surface area contributed by atoms with Gasteiger partial charge in [0.25, 0.3) is 0 Å². The number of guanidine groups is 1. The molecular formula is C32H40ClFN8O2. The number of aliphatic imine (C=N–C) groups is 1. The van der Waals surface area contributed by atoms with E-state index in [1.54, 1.807) is 24.4 Å². The first-order valence-electron chi connectivity index (χ1n) is 15.0. The first-order chi connectivity index (χ1) is 21.1. The summed E-state index contributed by atoms with van der Waals surface area (Å²) in [6.07, 6.45) is 6.50. The number of aryl methyl sites for hydroxylation is 1. The molecule has 12 heteroatoms. The molecule has 1 fully saturated rings. The zero-order chi connectivity index (χ0) is 31.4. The molecule has 0 aliphatic carbocycles. The van der Waals surface area contributed by atoms with Gasteiger partial charge in [-0.2, -0.15) is 4.98 Å². The lowest BCUT2D eigenvalue weighted by Gasteiger charge is -2.35. The zero-order valence-electron chi connectivity index (χ0n) is 24.8. The fraction of sp³-hybridized carbons (Fsp3) is 0.406. The van der Waals surface area contributed by atoms with Gasteiger partial charge in [0.15, 0.2) is 11.8 Å². The second-order valence-electron chi connectivity index (χ2n) is 11.7. The topological polar surface area (TPSA) is 176 Å². The summed E-state index contributed by atoms with van der Waals surface area (Å²) in [4.78, 5) is 24.5. The Labute approximate surface area is 260 Å². The minimum Gasteiger partial charge on any atom is -0.370 e. The van der Waals surface area contributed by atoms with E-state index in [4.69, 9.17) is 39.3 Å². The maximum absolute atomic E-state index is 15.1. The first kappa shape index (κ1) is 31.6. The van der Waals surface area contributed by atoms with Crippen LogP contribution in [0.5, 0.6) is 0 Å².